The largest absolute Gasteiger partial charge is 0.443 e. The zero-order valence-electron chi connectivity index (χ0n) is 22.8. The molecule has 210 valence electrons. The van der Waals surface area contributed by atoms with Crippen molar-refractivity contribution in [2.24, 2.45) is 5.92 Å². The van der Waals surface area contributed by atoms with Crippen LogP contribution in [-0.4, -0.2) is 51.3 Å². The van der Waals surface area contributed by atoms with Gasteiger partial charge in [0.1, 0.15) is 5.82 Å². The monoisotopic (exact) mass is 546 g/mol. The van der Waals surface area contributed by atoms with Gasteiger partial charge in [0.25, 0.3) is 5.56 Å². The van der Waals surface area contributed by atoms with Crippen molar-refractivity contribution in [3.63, 3.8) is 0 Å². The van der Waals surface area contributed by atoms with Crippen LogP contribution in [0.25, 0.3) is 12.2 Å². The van der Waals surface area contributed by atoms with Gasteiger partial charge in [-0.3, -0.25) is 9.59 Å². The second kappa shape index (κ2) is 11.3. The summed E-state index contributed by atoms with van der Waals surface area (Å²) in [5.74, 6) is 0.913. The fourth-order valence-corrected chi connectivity index (χ4v) is 5.78. The Kier molecular flexibility index (Phi) is 7.40. The molecule has 10 heteroatoms. The Morgan fingerprint density at radius 3 is 2.52 bits per heavy atom. The quantitative estimate of drug-likeness (QED) is 0.401. The van der Waals surface area contributed by atoms with E-state index in [1.54, 1.807) is 0 Å². The average Bonchev–Trinajstić information content (AvgIpc) is 3.30. The molecule has 3 aliphatic rings. The van der Waals surface area contributed by atoms with Crippen LogP contribution in [0.1, 0.15) is 50.5 Å². The molecule has 0 N–H and O–H groups in total. The van der Waals surface area contributed by atoms with E-state index in [1.807, 2.05) is 24.1 Å². The van der Waals surface area contributed by atoms with E-state index in [9.17, 15) is 14.0 Å². The summed E-state index contributed by atoms with van der Waals surface area (Å²) in [6.07, 6.45) is 12.4. The average molecular weight is 547 g/mol. The van der Waals surface area contributed by atoms with E-state index in [4.69, 9.17) is 9.72 Å². The number of imidazole rings is 1. The molecule has 3 heterocycles. The highest BCUT2D eigenvalue weighted by molar-refractivity contribution is 5.73. The molecule has 3 aromatic rings. The van der Waals surface area contributed by atoms with Gasteiger partial charge in [0.15, 0.2) is 6.73 Å². The van der Waals surface area contributed by atoms with Crippen molar-refractivity contribution in [3.05, 3.63) is 69.0 Å². The molecule has 0 spiro atoms. The number of piperidine rings is 1. The molecular formula is C30H35FN6O3. The number of carbonyl (C=O) groups excluding carboxylic acids is 1. The standard InChI is InChI=1S/C30H35FN6O3/c1-34(29-32-16-13-27(38)37(29)20-40-28(39)22-5-4-6-22)24-14-17-35(18-15-24)30-33-25-7-2-3-8-26(25)36(30)19-21-9-11-23(31)12-10-21/h7-13,16,22,24H,2-6,14-15,17-20H2,1H3. The fourth-order valence-electron chi connectivity index (χ4n) is 5.78. The minimum absolute atomic E-state index is 0.0469. The van der Waals surface area contributed by atoms with Crippen LogP contribution in [0.2, 0.25) is 0 Å². The highest BCUT2D eigenvalue weighted by atomic mass is 19.1. The predicted octanol–water partition coefficient (Wildman–Crippen LogP) is 2.39. The van der Waals surface area contributed by atoms with Gasteiger partial charge in [-0.1, -0.05) is 30.7 Å². The molecule has 1 aliphatic heterocycles. The molecule has 6 rings (SSSR count). The van der Waals surface area contributed by atoms with Gasteiger partial charge in [-0.25, -0.2) is 18.9 Å². The van der Waals surface area contributed by atoms with E-state index in [-0.39, 0.29) is 36.0 Å². The van der Waals surface area contributed by atoms with Crippen LogP contribution in [-0.2, 0) is 22.8 Å². The zero-order valence-corrected chi connectivity index (χ0v) is 22.8. The third-order valence-electron chi connectivity index (χ3n) is 8.41. The minimum atomic E-state index is -0.239. The molecule has 0 amide bonds. The van der Waals surface area contributed by atoms with E-state index in [0.717, 1.165) is 80.2 Å². The number of aromatic nitrogens is 4. The molecule has 1 saturated carbocycles. The third-order valence-corrected chi connectivity index (χ3v) is 8.41. The summed E-state index contributed by atoms with van der Waals surface area (Å²) in [7, 11) is 1.95. The maximum atomic E-state index is 13.5. The highest BCUT2D eigenvalue weighted by Gasteiger charge is 2.29. The summed E-state index contributed by atoms with van der Waals surface area (Å²) < 4.78 is 22.7. The molecule has 0 unspecified atom stereocenters. The van der Waals surface area contributed by atoms with Gasteiger partial charge in [-0.2, -0.15) is 0 Å². The molecule has 1 aromatic carbocycles. The first-order valence-corrected chi connectivity index (χ1v) is 14.2. The van der Waals surface area contributed by atoms with Crippen molar-refractivity contribution < 1.29 is 13.9 Å². The molecule has 0 radical (unpaired) electrons. The number of halogens is 1. The van der Waals surface area contributed by atoms with E-state index in [2.05, 4.69) is 26.6 Å². The van der Waals surface area contributed by atoms with Crippen molar-refractivity contribution in [3.8, 4) is 0 Å². The Hall–Kier alpha value is -3.95. The molecule has 0 bridgehead atoms. The number of hydrogen-bond acceptors (Lipinski definition) is 7. The van der Waals surface area contributed by atoms with Crippen molar-refractivity contribution in [2.45, 2.75) is 64.3 Å². The van der Waals surface area contributed by atoms with Crippen LogP contribution >= 0.6 is 0 Å². The lowest BCUT2D eigenvalue weighted by Crippen LogP contribution is -2.46. The van der Waals surface area contributed by atoms with E-state index in [0.29, 0.717) is 12.5 Å². The summed E-state index contributed by atoms with van der Waals surface area (Å²) in [4.78, 5) is 38.8. The van der Waals surface area contributed by atoms with Gasteiger partial charge in [0.05, 0.1) is 23.2 Å². The Morgan fingerprint density at radius 2 is 1.80 bits per heavy atom. The van der Waals surface area contributed by atoms with Crippen molar-refractivity contribution in [1.82, 2.24) is 19.1 Å². The minimum Gasteiger partial charge on any atom is -0.443 e. The third kappa shape index (κ3) is 5.26. The molecule has 9 nitrogen and oxygen atoms in total. The van der Waals surface area contributed by atoms with Gasteiger partial charge in [0.2, 0.25) is 11.9 Å². The predicted molar refractivity (Wildman–Crippen MR) is 151 cm³/mol. The first-order valence-electron chi connectivity index (χ1n) is 14.2. The number of nitrogens with zero attached hydrogens (tertiary/aromatic N) is 6. The number of esters is 1. The lowest BCUT2D eigenvalue weighted by Gasteiger charge is -2.38. The molecule has 0 atom stereocenters. The summed E-state index contributed by atoms with van der Waals surface area (Å²) in [6.45, 7) is 2.09. The number of hydrogen-bond donors (Lipinski definition) is 0. The van der Waals surface area contributed by atoms with Crippen LogP contribution in [0.3, 0.4) is 0 Å². The second-order valence-corrected chi connectivity index (χ2v) is 10.9. The lowest BCUT2D eigenvalue weighted by molar-refractivity contribution is -0.155. The van der Waals surface area contributed by atoms with Crippen molar-refractivity contribution in [2.75, 3.05) is 29.9 Å². The maximum absolute atomic E-state index is 13.5. The van der Waals surface area contributed by atoms with Gasteiger partial charge >= 0.3 is 5.97 Å². The molecule has 40 heavy (non-hydrogen) atoms. The summed E-state index contributed by atoms with van der Waals surface area (Å²) in [5.41, 5.74) is 0.791. The normalized spacial score (nSPS) is 17.4. The SMILES string of the molecule is CN(c1nccc(=O)n1COC(=O)C1CCC1)C1CCN(c2nc3c(n2Cc2ccc(F)cc2)=CCCC=3)CC1. The number of anilines is 2. The van der Waals surface area contributed by atoms with Gasteiger partial charge in [0, 0.05) is 38.4 Å². The first-order chi connectivity index (χ1) is 19.5. The Morgan fingerprint density at radius 1 is 1.05 bits per heavy atom. The first kappa shape index (κ1) is 26.3. The maximum Gasteiger partial charge on any atom is 0.310 e. The Bertz CT molecular complexity index is 1550. The number of ether oxygens (including phenoxy) is 1. The summed E-state index contributed by atoms with van der Waals surface area (Å²) in [5, 5.41) is 2.13. The molecule has 2 aliphatic carbocycles. The number of carbonyl (C=O) groups is 1. The Balaban J connectivity index is 1.18. The van der Waals surface area contributed by atoms with Gasteiger partial charge in [-0.15, -0.1) is 0 Å². The topological polar surface area (TPSA) is 85.5 Å². The lowest BCUT2D eigenvalue weighted by atomic mass is 9.86. The highest BCUT2D eigenvalue weighted by Crippen LogP contribution is 2.28. The van der Waals surface area contributed by atoms with Crippen LogP contribution in [0, 0.1) is 11.7 Å². The second-order valence-electron chi connectivity index (χ2n) is 10.9. The van der Waals surface area contributed by atoms with Crippen LogP contribution < -0.4 is 26.1 Å². The smallest absolute Gasteiger partial charge is 0.310 e. The Labute approximate surface area is 232 Å². The summed E-state index contributed by atoms with van der Waals surface area (Å²) in [6, 6.07) is 8.22. The van der Waals surface area contributed by atoms with Crippen LogP contribution in [0.5, 0.6) is 0 Å². The van der Waals surface area contributed by atoms with Gasteiger partial charge < -0.3 is 19.1 Å². The number of fused-ring (bicyclic) bond motifs is 1. The van der Waals surface area contributed by atoms with Gasteiger partial charge in [-0.05, 0) is 56.2 Å². The molecule has 2 fully saturated rings. The number of rotatable bonds is 8. The van der Waals surface area contributed by atoms with Crippen molar-refractivity contribution >= 4 is 30.0 Å². The fraction of sp³-hybridized carbons (Fsp3) is 0.467. The van der Waals surface area contributed by atoms with Crippen molar-refractivity contribution in [1.29, 1.82) is 0 Å². The van der Waals surface area contributed by atoms with Crippen LogP contribution in [0.4, 0.5) is 16.3 Å². The molecule has 1 saturated heterocycles. The molecule has 2 aromatic heterocycles. The number of benzene rings is 1. The van der Waals surface area contributed by atoms with Crippen LogP contribution in [0.15, 0.2) is 41.3 Å². The van der Waals surface area contributed by atoms with E-state index in [1.165, 1.54) is 29.0 Å². The van der Waals surface area contributed by atoms with E-state index >= 15 is 0 Å². The molecular weight excluding hydrogens is 511 g/mol. The van der Waals surface area contributed by atoms with E-state index < -0.39 is 0 Å². The summed E-state index contributed by atoms with van der Waals surface area (Å²) >= 11 is 0. The zero-order chi connectivity index (χ0) is 27.6.